The van der Waals surface area contributed by atoms with E-state index in [1.54, 1.807) is 25.1 Å². The molecule has 1 N–H and O–H groups in total. The van der Waals surface area contributed by atoms with E-state index in [1.165, 1.54) is 9.21 Å². The first kappa shape index (κ1) is 25.2. The number of carboxylic acid groups (broad SMARTS) is 1. The summed E-state index contributed by atoms with van der Waals surface area (Å²) in [6, 6.07) is 7.50. The van der Waals surface area contributed by atoms with Gasteiger partial charge in [-0.05, 0) is 66.9 Å². The van der Waals surface area contributed by atoms with Crippen molar-refractivity contribution in [3.05, 3.63) is 41.0 Å². The first-order valence-electron chi connectivity index (χ1n) is 11.8. The normalized spacial score (nSPS) is 23.9. The lowest BCUT2D eigenvalue weighted by Gasteiger charge is -2.32. The maximum atomic E-state index is 13.4. The summed E-state index contributed by atoms with van der Waals surface area (Å²) in [5.74, 6) is -1.49. The zero-order valence-electron chi connectivity index (χ0n) is 20.4. The van der Waals surface area contributed by atoms with Crippen LogP contribution in [0.15, 0.2) is 24.3 Å². The van der Waals surface area contributed by atoms with Gasteiger partial charge in [-0.3, -0.25) is 4.79 Å². The maximum Gasteiger partial charge on any atom is 0.319 e. The number of carbonyl (C=O) groups is 2. The number of aryl methyl sites for hydroxylation is 1. The maximum absolute atomic E-state index is 13.4. The number of amides is 2. The van der Waals surface area contributed by atoms with Crippen molar-refractivity contribution in [3.8, 4) is 6.07 Å². The van der Waals surface area contributed by atoms with Gasteiger partial charge in [0.1, 0.15) is 0 Å². The Balaban J connectivity index is 1.46. The molecule has 0 radical (unpaired) electrons. The second kappa shape index (κ2) is 9.28. The minimum Gasteiger partial charge on any atom is -0.481 e. The summed E-state index contributed by atoms with van der Waals surface area (Å²) in [7, 11) is -0.422. The SMILES string of the molecule is Cc1cc(C#N)ccc1C1=CCN(S(=O)(=O)CC2(C(=O)O)C[C@@H]3CN(C(=O)N(C)C)C[C@H]3C2)CC1. The third kappa shape index (κ3) is 4.80. The molecule has 2 atom stereocenters. The second-order valence-electron chi connectivity index (χ2n) is 10.3. The molecule has 0 spiro atoms. The standard InChI is InChI=1S/C25H32N4O5S/c1-17-10-18(13-26)4-5-22(17)19-6-8-29(9-7-19)35(33,34)16-25(23(30)31)11-20-14-28(15-21(20)12-25)24(32)27(2)3/h4-6,10,20-21H,7-9,11-12,14-16H2,1-3H3,(H,30,31)/t20-,21-/m1/s1. The van der Waals surface area contributed by atoms with Crippen molar-refractivity contribution in [2.24, 2.45) is 17.3 Å². The van der Waals surface area contributed by atoms with E-state index >= 15 is 0 Å². The van der Waals surface area contributed by atoms with Gasteiger partial charge in [0.25, 0.3) is 0 Å². The average molecular weight is 501 g/mol. The number of nitriles is 1. The van der Waals surface area contributed by atoms with Crippen molar-refractivity contribution in [2.45, 2.75) is 26.2 Å². The number of benzene rings is 1. The van der Waals surface area contributed by atoms with Crippen molar-refractivity contribution in [2.75, 3.05) is 46.0 Å². The zero-order chi connectivity index (χ0) is 25.5. The number of rotatable bonds is 5. The van der Waals surface area contributed by atoms with Gasteiger partial charge in [-0.25, -0.2) is 13.2 Å². The third-order valence-electron chi connectivity index (χ3n) is 7.71. The van der Waals surface area contributed by atoms with Crippen molar-refractivity contribution >= 4 is 27.6 Å². The van der Waals surface area contributed by atoms with Crippen LogP contribution in [0.1, 0.15) is 36.0 Å². The van der Waals surface area contributed by atoms with Gasteiger partial charge in [-0.1, -0.05) is 12.1 Å². The van der Waals surface area contributed by atoms with Crippen LogP contribution in [0.4, 0.5) is 4.79 Å². The van der Waals surface area contributed by atoms with Crippen LogP contribution in [-0.4, -0.2) is 85.7 Å². The van der Waals surface area contributed by atoms with Crippen LogP contribution in [0.5, 0.6) is 0 Å². The number of sulfonamides is 1. The highest BCUT2D eigenvalue weighted by molar-refractivity contribution is 7.89. The average Bonchev–Trinajstić information content (AvgIpc) is 3.35. The lowest BCUT2D eigenvalue weighted by atomic mass is 9.87. The molecular weight excluding hydrogens is 468 g/mol. The Labute approximate surface area is 206 Å². The number of carbonyl (C=O) groups excluding carboxylic acids is 1. The molecule has 1 aromatic carbocycles. The molecule has 2 aliphatic heterocycles. The van der Waals surface area contributed by atoms with E-state index < -0.39 is 27.2 Å². The molecule has 1 saturated heterocycles. The van der Waals surface area contributed by atoms with Crippen molar-refractivity contribution in [3.63, 3.8) is 0 Å². The van der Waals surface area contributed by atoms with Gasteiger partial charge in [0.15, 0.2) is 0 Å². The van der Waals surface area contributed by atoms with Crippen LogP contribution in [0.2, 0.25) is 0 Å². The summed E-state index contributed by atoms with van der Waals surface area (Å²) in [4.78, 5) is 27.9. The highest BCUT2D eigenvalue weighted by atomic mass is 32.2. The zero-order valence-corrected chi connectivity index (χ0v) is 21.2. The lowest BCUT2D eigenvalue weighted by Crippen LogP contribution is -2.45. The fourth-order valence-corrected chi connectivity index (χ4v) is 7.87. The van der Waals surface area contributed by atoms with E-state index in [0.717, 1.165) is 16.7 Å². The first-order chi connectivity index (χ1) is 16.5. The molecule has 3 aliphatic rings. The van der Waals surface area contributed by atoms with Crippen LogP contribution >= 0.6 is 0 Å². The number of nitrogens with zero attached hydrogens (tertiary/aromatic N) is 4. The Morgan fingerprint density at radius 1 is 1.23 bits per heavy atom. The van der Waals surface area contributed by atoms with Crippen LogP contribution < -0.4 is 0 Å². The summed E-state index contributed by atoms with van der Waals surface area (Å²) in [6.07, 6.45) is 2.95. The summed E-state index contributed by atoms with van der Waals surface area (Å²) < 4.78 is 28.1. The predicted molar refractivity (Wildman–Crippen MR) is 131 cm³/mol. The molecule has 2 heterocycles. The number of hydrogen-bond acceptors (Lipinski definition) is 5. The van der Waals surface area contributed by atoms with Crippen molar-refractivity contribution in [1.82, 2.24) is 14.1 Å². The molecule has 2 amide bonds. The molecule has 188 valence electrons. The quantitative estimate of drug-likeness (QED) is 0.662. The molecule has 1 saturated carbocycles. The van der Waals surface area contributed by atoms with Crippen LogP contribution in [0.25, 0.3) is 5.57 Å². The fourth-order valence-electron chi connectivity index (χ4n) is 5.96. The number of aliphatic carboxylic acids is 1. The Hall–Kier alpha value is -2.90. The number of likely N-dealkylation sites (tertiary alicyclic amines) is 1. The topological polar surface area (TPSA) is 122 Å². The predicted octanol–water partition coefficient (Wildman–Crippen LogP) is 2.38. The first-order valence-corrected chi connectivity index (χ1v) is 13.4. The van der Waals surface area contributed by atoms with Crippen LogP contribution in [0.3, 0.4) is 0 Å². The fraction of sp³-hybridized carbons (Fsp3) is 0.560. The molecule has 0 unspecified atom stereocenters. The minimum atomic E-state index is -3.79. The summed E-state index contributed by atoms with van der Waals surface area (Å²) in [5, 5.41) is 19.2. The number of fused-ring (bicyclic) bond motifs is 1. The molecule has 4 rings (SSSR count). The van der Waals surface area contributed by atoms with Gasteiger partial charge in [-0.2, -0.15) is 9.57 Å². The Morgan fingerprint density at radius 2 is 1.89 bits per heavy atom. The lowest BCUT2D eigenvalue weighted by molar-refractivity contribution is -0.147. The van der Waals surface area contributed by atoms with E-state index in [-0.39, 0.29) is 37.3 Å². The molecule has 0 aromatic heterocycles. The van der Waals surface area contributed by atoms with E-state index in [9.17, 15) is 23.1 Å². The molecule has 0 bridgehead atoms. The van der Waals surface area contributed by atoms with Crippen LogP contribution in [-0.2, 0) is 14.8 Å². The summed E-state index contributed by atoms with van der Waals surface area (Å²) in [6.45, 7) is 3.36. The largest absolute Gasteiger partial charge is 0.481 e. The van der Waals surface area contributed by atoms with Gasteiger partial charge in [-0.15, -0.1) is 0 Å². The molecule has 2 fully saturated rings. The summed E-state index contributed by atoms with van der Waals surface area (Å²) >= 11 is 0. The van der Waals surface area contributed by atoms with Gasteiger partial charge in [0.05, 0.1) is 22.8 Å². The Bertz CT molecular complexity index is 1200. The number of urea groups is 1. The van der Waals surface area contributed by atoms with E-state index in [2.05, 4.69) is 6.07 Å². The molecule has 35 heavy (non-hydrogen) atoms. The van der Waals surface area contributed by atoms with Gasteiger partial charge >= 0.3 is 12.0 Å². The molecular formula is C25H32N4O5S. The number of hydrogen-bond donors (Lipinski definition) is 1. The third-order valence-corrected chi connectivity index (χ3v) is 9.75. The van der Waals surface area contributed by atoms with Crippen molar-refractivity contribution in [1.29, 1.82) is 5.26 Å². The number of carboxylic acids is 1. The second-order valence-corrected chi connectivity index (χ2v) is 12.3. The molecule has 1 aromatic rings. The minimum absolute atomic E-state index is 0.00240. The smallest absolute Gasteiger partial charge is 0.319 e. The van der Waals surface area contributed by atoms with Gasteiger partial charge in [0, 0.05) is 40.3 Å². The Kier molecular flexibility index (Phi) is 6.68. The van der Waals surface area contributed by atoms with E-state index in [4.69, 9.17) is 5.26 Å². The monoisotopic (exact) mass is 500 g/mol. The van der Waals surface area contributed by atoms with E-state index in [0.29, 0.717) is 31.6 Å². The van der Waals surface area contributed by atoms with Crippen molar-refractivity contribution < 1.29 is 23.1 Å². The van der Waals surface area contributed by atoms with Gasteiger partial charge < -0.3 is 14.9 Å². The molecule has 9 nitrogen and oxygen atoms in total. The van der Waals surface area contributed by atoms with Gasteiger partial charge in [0.2, 0.25) is 10.0 Å². The Morgan fingerprint density at radius 3 is 2.37 bits per heavy atom. The summed E-state index contributed by atoms with van der Waals surface area (Å²) in [5.41, 5.74) is 2.27. The molecule has 1 aliphatic carbocycles. The highest BCUT2D eigenvalue weighted by Gasteiger charge is 2.56. The molecule has 10 heteroatoms. The van der Waals surface area contributed by atoms with E-state index in [1.807, 2.05) is 25.1 Å². The van der Waals surface area contributed by atoms with Crippen LogP contribution in [0, 0.1) is 35.5 Å². The highest BCUT2D eigenvalue weighted by Crippen LogP contribution is 2.50.